The van der Waals surface area contributed by atoms with Crippen LogP contribution < -0.4 is 10.6 Å². The van der Waals surface area contributed by atoms with Gasteiger partial charge in [-0.3, -0.25) is 0 Å². The first-order valence-electron chi connectivity index (χ1n) is 8.60. The van der Waals surface area contributed by atoms with Crippen molar-refractivity contribution in [3.63, 3.8) is 0 Å². The Bertz CT molecular complexity index is 538. The molecule has 25 heavy (non-hydrogen) atoms. The molecule has 0 heterocycles. The second-order valence-electron chi connectivity index (χ2n) is 7.42. The van der Waals surface area contributed by atoms with Gasteiger partial charge in [-0.05, 0) is 38.7 Å². The van der Waals surface area contributed by atoms with Crippen molar-refractivity contribution in [2.45, 2.75) is 59.3 Å². The molecule has 140 valence electrons. The van der Waals surface area contributed by atoms with Crippen LogP contribution >= 0.6 is 0 Å². The summed E-state index contributed by atoms with van der Waals surface area (Å²) in [4.78, 5) is 23.8. The lowest BCUT2D eigenvalue weighted by Gasteiger charge is -2.23. The summed E-state index contributed by atoms with van der Waals surface area (Å²) in [7, 11) is 0. The van der Waals surface area contributed by atoms with Crippen molar-refractivity contribution in [3.05, 3.63) is 35.9 Å². The van der Waals surface area contributed by atoms with Crippen LogP contribution in [0.4, 0.5) is 9.59 Å². The van der Waals surface area contributed by atoms with Crippen LogP contribution in [0.1, 0.15) is 46.6 Å². The van der Waals surface area contributed by atoms with Crippen molar-refractivity contribution < 1.29 is 19.1 Å². The lowest BCUT2D eigenvalue weighted by molar-refractivity contribution is 0.0518. The maximum Gasteiger partial charge on any atom is 0.407 e. The van der Waals surface area contributed by atoms with Crippen molar-refractivity contribution in [3.8, 4) is 0 Å². The SMILES string of the molecule is CC(C)C[C@H](CNC(=O)OC(C)(C)C)NC(=O)OCc1ccccc1. The van der Waals surface area contributed by atoms with Gasteiger partial charge in [0, 0.05) is 12.6 Å². The molecule has 0 bridgehead atoms. The first kappa shape index (κ1) is 20.8. The molecule has 1 aromatic rings. The fraction of sp³-hybridized carbons (Fsp3) is 0.579. The van der Waals surface area contributed by atoms with Gasteiger partial charge in [0.2, 0.25) is 0 Å². The lowest BCUT2D eigenvalue weighted by Crippen LogP contribution is -2.45. The van der Waals surface area contributed by atoms with Crippen LogP contribution in [0, 0.1) is 5.92 Å². The summed E-state index contributed by atoms with van der Waals surface area (Å²) in [5.41, 5.74) is 0.365. The second-order valence-corrected chi connectivity index (χ2v) is 7.42. The Hall–Kier alpha value is -2.24. The normalized spacial score (nSPS) is 12.4. The summed E-state index contributed by atoms with van der Waals surface area (Å²) >= 11 is 0. The summed E-state index contributed by atoms with van der Waals surface area (Å²) in [6.07, 6.45) is -0.280. The molecule has 0 aliphatic heterocycles. The zero-order valence-corrected chi connectivity index (χ0v) is 15.8. The third kappa shape index (κ3) is 10.3. The molecule has 0 radical (unpaired) electrons. The molecule has 0 fully saturated rings. The largest absolute Gasteiger partial charge is 0.445 e. The molecule has 2 amide bonds. The van der Waals surface area contributed by atoms with E-state index >= 15 is 0 Å². The lowest BCUT2D eigenvalue weighted by atomic mass is 10.0. The number of rotatable bonds is 7. The van der Waals surface area contributed by atoms with Crippen molar-refractivity contribution >= 4 is 12.2 Å². The van der Waals surface area contributed by atoms with Gasteiger partial charge >= 0.3 is 12.2 Å². The van der Waals surface area contributed by atoms with Gasteiger partial charge in [-0.2, -0.15) is 0 Å². The number of carbonyl (C=O) groups excluding carboxylic acids is 2. The standard InChI is InChI=1S/C19H30N2O4/c1-14(2)11-16(12-20-17(22)25-19(3,4)5)21-18(23)24-13-15-9-7-6-8-10-15/h6-10,14,16H,11-13H2,1-5H3,(H,20,22)(H,21,23)/t16-/m1/s1. The highest BCUT2D eigenvalue weighted by molar-refractivity contribution is 5.69. The molecule has 6 heteroatoms. The van der Waals surface area contributed by atoms with Gasteiger partial charge in [-0.15, -0.1) is 0 Å². The molecule has 0 aromatic heterocycles. The molecule has 1 aromatic carbocycles. The molecule has 1 atom stereocenters. The molecule has 0 aliphatic rings. The molecule has 0 aliphatic carbocycles. The van der Waals surface area contributed by atoms with Crippen molar-refractivity contribution in [1.29, 1.82) is 0 Å². The van der Waals surface area contributed by atoms with Gasteiger partial charge < -0.3 is 20.1 Å². The van der Waals surface area contributed by atoms with E-state index in [0.29, 0.717) is 5.92 Å². The number of alkyl carbamates (subject to hydrolysis) is 2. The minimum absolute atomic E-state index is 0.209. The average Bonchev–Trinajstić information content (AvgIpc) is 2.49. The van der Waals surface area contributed by atoms with E-state index < -0.39 is 17.8 Å². The average molecular weight is 350 g/mol. The predicted molar refractivity (Wildman–Crippen MR) is 97.2 cm³/mol. The van der Waals surface area contributed by atoms with Crippen molar-refractivity contribution in [1.82, 2.24) is 10.6 Å². The Balaban J connectivity index is 2.45. The van der Waals surface area contributed by atoms with Crippen LogP contribution in [0.3, 0.4) is 0 Å². The van der Waals surface area contributed by atoms with Crippen LogP contribution in [-0.2, 0) is 16.1 Å². The van der Waals surface area contributed by atoms with E-state index in [1.54, 1.807) is 20.8 Å². The molecular formula is C19H30N2O4. The minimum Gasteiger partial charge on any atom is -0.445 e. The highest BCUT2D eigenvalue weighted by atomic mass is 16.6. The van der Waals surface area contributed by atoms with Gasteiger partial charge in [0.15, 0.2) is 0 Å². The Morgan fingerprint density at radius 3 is 2.28 bits per heavy atom. The minimum atomic E-state index is -0.556. The van der Waals surface area contributed by atoms with E-state index in [2.05, 4.69) is 24.5 Å². The maximum absolute atomic E-state index is 12.0. The van der Waals surface area contributed by atoms with E-state index in [4.69, 9.17) is 9.47 Å². The van der Waals surface area contributed by atoms with Gasteiger partial charge in [0.25, 0.3) is 0 Å². The third-order valence-electron chi connectivity index (χ3n) is 3.18. The van der Waals surface area contributed by atoms with E-state index in [9.17, 15) is 9.59 Å². The molecular weight excluding hydrogens is 320 g/mol. The number of benzene rings is 1. The number of nitrogens with one attached hydrogen (secondary N) is 2. The highest BCUT2D eigenvalue weighted by Gasteiger charge is 2.19. The Kier molecular flexibility index (Phi) is 8.25. The van der Waals surface area contributed by atoms with E-state index in [0.717, 1.165) is 12.0 Å². The smallest absolute Gasteiger partial charge is 0.407 e. The van der Waals surface area contributed by atoms with Gasteiger partial charge in [0.05, 0.1) is 0 Å². The number of carbonyl (C=O) groups is 2. The second kappa shape index (κ2) is 9.91. The van der Waals surface area contributed by atoms with Crippen LogP contribution in [0.15, 0.2) is 30.3 Å². The summed E-state index contributed by atoms with van der Waals surface area (Å²) in [5, 5.41) is 5.50. The molecule has 2 N–H and O–H groups in total. The van der Waals surface area contributed by atoms with Crippen LogP contribution in [-0.4, -0.2) is 30.4 Å². The van der Waals surface area contributed by atoms with Crippen LogP contribution in [0.25, 0.3) is 0 Å². The maximum atomic E-state index is 12.0. The number of hydrogen-bond acceptors (Lipinski definition) is 4. The number of ether oxygens (including phenoxy) is 2. The Labute approximate surface area is 150 Å². The third-order valence-corrected chi connectivity index (χ3v) is 3.18. The summed E-state index contributed by atoms with van der Waals surface area (Å²) in [6, 6.07) is 9.25. The van der Waals surface area contributed by atoms with Gasteiger partial charge in [-0.1, -0.05) is 44.2 Å². The first-order chi connectivity index (χ1) is 11.7. The van der Waals surface area contributed by atoms with E-state index in [1.165, 1.54) is 0 Å². The van der Waals surface area contributed by atoms with Crippen molar-refractivity contribution in [2.24, 2.45) is 5.92 Å². The molecule has 0 saturated heterocycles. The van der Waals surface area contributed by atoms with Crippen molar-refractivity contribution in [2.75, 3.05) is 6.54 Å². The topological polar surface area (TPSA) is 76.7 Å². The molecule has 0 spiro atoms. The zero-order valence-electron chi connectivity index (χ0n) is 15.8. The molecule has 0 unspecified atom stereocenters. The molecule has 6 nitrogen and oxygen atoms in total. The summed E-state index contributed by atoms with van der Waals surface area (Å²) in [5.74, 6) is 0.361. The molecule has 1 rings (SSSR count). The first-order valence-corrected chi connectivity index (χ1v) is 8.60. The van der Waals surface area contributed by atoms with Crippen LogP contribution in [0.2, 0.25) is 0 Å². The summed E-state index contributed by atoms with van der Waals surface area (Å²) in [6.45, 7) is 10.0. The Morgan fingerprint density at radius 1 is 1.08 bits per heavy atom. The monoisotopic (exact) mass is 350 g/mol. The molecule has 0 saturated carbocycles. The van der Waals surface area contributed by atoms with E-state index in [1.807, 2.05) is 30.3 Å². The van der Waals surface area contributed by atoms with Gasteiger partial charge in [0.1, 0.15) is 12.2 Å². The fourth-order valence-electron chi connectivity index (χ4n) is 2.21. The number of amides is 2. The van der Waals surface area contributed by atoms with Gasteiger partial charge in [-0.25, -0.2) is 9.59 Å². The zero-order chi connectivity index (χ0) is 18.9. The predicted octanol–water partition coefficient (Wildman–Crippen LogP) is 3.85. The Morgan fingerprint density at radius 2 is 1.72 bits per heavy atom. The van der Waals surface area contributed by atoms with E-state index in [-0.39, 0.29) is 19.2 Å². The quantitative estimate of drug-likeness (QED) is 0.783. The summed E-state index contributed by atoms with van der Waals surface area (Å²) < 4.78 is 10.4. The fourth-order valence-corrected chi connectivity index (χ4v) is 2.21. The van der Waals surface area contributed by atoms with Crippen LogP contribution in [0.5, 0.6) is 0 Å². The highest BCUT2D eigenvalue weighted by Crippen LogP contribution is 2.08. The number of hydrogen-bond donors (Lipinski definition) is 2.